The Balaban J connectivity index is 1.36. The molecule has 76 heavy (non-hydrogen) atoms. The van der Waals surface area contributed by atoms with Gasteiger partial charge in [0.05, 0.1) is 43.5 Å². The van der Waals surface area contributed by atoms with E-state index in [1.165, 1.54) is 42.5 Å². The summed E-state index contributed by atoms with van der Waals surface area (Å²) in [5, 5.41) is 3.50. The third-order valence-electron chi connectivity index (χ3n) is 11.2. The van der Waals surface area contributed by atoms with E-state index in [1.807, 2.05) is 0 Å². The number of aromatic nitrogens is 4. The smallest absolute Gasteiger partial charge is 0.298 e. The number of carbonyl (C=O) groups excluding carboxylic acids is 2. The minimum absolute atomic E-state index is 0.00940. The molecule has 6 aromatic carbocycles. The van der Waals surface area contributed by atoms with E-state index in [4.69, 9.17) is 27.9 Å². The van der Waals surface area contributed by atoms with Crippen molar-refractivity contribution in [2.45, 2.75) is 24.5 Å². The largest absolute Gasteiger partial charge is 0.454 e. The van der Waals surface area contributed by atoms with Gasteiger partial charge in [0.15, 0.2) is 17.3 Å². The first kappa shape index (κ1) is 53.2. The fraction of sp³-hybridized carbons (Fsp3) is 0. The summed E-state index contributed by atoms with van der Waals surface area (Å²) in [6, 6.07) is 18.5. The molecule has 0 amide bonds. The van der Waals surface area contributed by atoms with Crippen molar-refractivity contribution >= 4 is 119 Å². The topological polar surface area (TPSA) is 411 Å². The van der Waals surface area contributed by atoms with Crippen LogP contribution in [0.2, 0.25) is 10.6 Å². The molecule has 32 heteroatoms. The molecule has 8 N–H and O–H groups in total. The van der Waals surface area contributed by atoms with E-state index < -0.39 is 165 Å². The second-order valence-corrected chi connectivity index (χ2v) is 23.6. The molecule has 0 bridgehead atoms. The maximum absolute atomic E-state index is 15.0. The van der Waals surface area contributed by atoms with Crippen LogP contribution in [0.4, 0.5) is 23.0 Å². The van der Waals surface area contributed by atoms with Gasteiger partial charge in [0.25, 0.3) is 56.1 Å². The highest BCUT2D eigenvalue weighted by molar-refractivity contribution is 7.87. The van der Waals surface area contributed by atoms with E-state index >= 15 is 0 Å². The minimum Gasteiger partial charge on any atom is -0.454 e. The van der Waals surface area contributed by atoms with E-state index in [0.29, 0.717) is 6.07 Å². The molecule has 390 valence electrons. The summed E-state index contributed by atoms with van der Waals surface area (Å²) < 4.78 is 183. The molecule has 0 saturated heterocycles. The van der Waals surface area contributed by atoms with Crippen molar-refractivity contribution in [2.24, 2.45) is 0 Å². The Morgan fingerprint density at radius 3 is 1.70 bits per heavy atom. The molecule has 9 rings (SSSR count). The third kappa shape index (κ3) is 10.3. The number of hydrogen-bond acceptors (Lipinski definition) is 19. The SMILES string of the molecule is O=C(c1cccc(S(=O)(=O)O)c1)c1c2c3c(c(Nc4cc(Nc5nc(Cl)nc(Cl)n5)c(S(=O)(=O)O)cc4S(=O)(=O)O)cc(Oc4ccc(-c5ccc(S(=O)(=O)O)cc5)cc4S(=O)(=O)O)c3[nH]c1=O)C(=O)c1ccccc1-2. The number of carbonyl (C=O) groups is 2. The van der Waals surface area contributed by atoms with Gasteiger partial charge in [-0.1, -0.05) is 54.6 Å². The van der Waals surface area contributed by atoms with E-state index in [2.05, 4.69) is 30.6 Å². The average molecular weight is 1170 g/mol. The molecule has 0 radical (unpaired) electrons. The van der Waals surface area contributed by atoms with Crippen molar-refractivity contribution in [1.82, 2.24) is 19.9 Å². The second-order valence-electron chi connectivity index (χ2n) is 15.9. The number of ketones is 2. The number of ether oxygens (including phenoxy) is 1. The monoisotopic (exact) mass is 1170 g/mol. The fourth-order valence-electron chi connectivity index (χ4n) is 8.07. The Bertz CT molecular complexity index is 4540. The number of halogens is 2. The number of fused-ring (bicyclic) bond motifs is 2. The Kier molecular flexibility index (Phi) is 13.2. The standard InChI is InChI=1S/C44H26Cl2N6O19S5/c45-42-50-43(46)52-44(51-42)48-27-16-26(31(74(62,63)64)18-32(27)75(65,66)67)47-28-17-30(71-29-13-10-20(15-33(29)76(68,69)70)19-8-11-22(12-9-19)72(56,57)58)38-36-34(24-6-1-2-7-25(24)40(54)35(28)36)37(41(55)49-38)39(53)21-4-3-5-23(14-21)73(59,60)61/h1-18,47H,(H,49,55)(H,56,57,58)(H,59,60,61)(H,62,63,64)(H,65,66,67)(H,68,69,70)(H,48,50,51,52). The van der Waals surface area contributed by atoms with Crippen LogP contribution >= 0.6 is 23.2 Å². The molecular formula is C44H26Cl2N6O19S5. The number of rotatable bonds is 14. The molecule has 2 heterocycles. The summed E-state index contributed by atoms with van der Waals surface area (Å²) >= 11 is 11.8. The van der Waals surface area contributed by atoms with Gasteiger partial charge in [-0.3, -0.25) is 37.1 Å². The van der Waals surface area contributed by atoms with Crippen molar-refractivity contribution < 1.29 is 79.2 Å². The highest BCUT2D eigenvalue weighted by atomic mass is 35.5. The summed E-state index contributed by atoms with van der Waals surface area (Å²) in [5.41, 5.74) is -6.29. The van der Waals surface area contributed by atoms with Gasteiger partial charge >= 0.3 is 0 Å². The molecule has 0 spiro atoms. The van der Waals surface area contributed by atoms with Crippen LogP contribution in [-0.4, -0.2) is 96.4 Å². The fourth-order valence-corrected chi connectivity index (χ4v) is 11.5. The maximum Gasteiger partial charge on any atom is 0.298 e. The summed E-state index contributed by atoms with van der Waals surface area (Å²) in [7, 11) is -26.0. The molecule has 0 saturated carbocycles. The lowest BCUT2D eigenvalue weighted by atomic mass is 9.80. The average Bonchev–Trinajstić information content (AvgIpc) is 3.32. The lowest BCUT2D eigenvalue weighted by Crippen LogP contribution is -2.24. The van der Waals surface area contributed by atoms with Crippen LogP contribution in [0.1, 0.15) is 31.8 Å². The number of benzene rings is 6. The van der Waals surface area contributed by atoms with Crippen LogP contribution in [0.3, 0.4) is 0 Å². The molecule has 8 aromatic rings. The first-order chi connectivity index (χ1) is 35.4. The lowest BCUT2D eigenvalue weighted by molar-refractivity contribution is 0.102. The number of nitrogens with zero attached hydrogens (tertiary/aromatic N) is 3. The number of pyridine rings is 1. The van der Waals surface area contributed by atoms with Gasteiger partial charge in [0.1, 0.15) is 20.4 Å². The highest BCUT2D eigenvalue weighted by Crippen LogP contribution is 2.49. The summed E-state index contributed by atoms with van der Waals surface area (Å²) in [5.74, 6) is -4.12. The Morgan fingerprint density at radius 2 is 1.11 bits per heavy atom. The normalized spacial score (nSPS) is 12.8. The maximum atomic E-state index is 15.0. The van der Waals surface area contributed by atoms with Crippen molar-refractivity contribution in [1.29, 1.82) is 0 Å². The van der Waals surface area contributed by atoms with Crippen LogP contribution in [0, 0.1) is 0 Å². The Morgan fingerprint density at radius 1 is 0.526 bits per heavy atom. The molecule has 0 aliphatic heterocycles. The van der Waals surface area contributed by atoms with Crippen LogP contribution in [0.25, 0.3) is 33.2 Å². The third-order valence-corrected chi connectivity index (χ3v) is 15.9. The molecule has 1 aliphatic rings. The van der Waals surface area contributed by atoms with E-state index in [0.717, 1.165) is 54.6 Å². The van der Waals surface area contributed by atoms with Gasteiger partial charge in [0, 0.05) is 28.1 Å². The van der Waals surface area contributed by atoms with Crippen LogP contribution in [0.15, 0.2) is 138 Å². The molecule has 2 aromatic heterocycles. The Labute approximate surface area is 437 Å². The first-order valence-corrected chi connectivity index (χ1v) is 28.5. The second kappa shape index (κ2) is 18.9. The van der Waals surface area contributed by atoms with Gasteiger partial charge < -0.3 is 20.4 Å². The molecule has 0 atom stereocenters. The van der Waals surface area contributed by atoms with Crippen molar-refractivity contribution in [2.75, 3.05) is 10.6 Å². The number of anilines is 4. The Hall–Kier alpha value is -7.59. The van der Waals surface area contributed by atoms with Crippen molar-refractivity contribution in [3.63, 3.8) is 0 Å². The van der Waals surface area contributed by atoms with Gasteiger partial charge in [-0.25, -0.2) is 0 Å². The van der Waals surface area contributed by atoms with E-state index in [1.54, 1.807) is 0 Å². The first-order valence-electron chi connectivity index (χ1n) is 20.5. The van der Waals surface area contributed by atoms with Crippen LogP contribution < -0.4 is 20.9 Å². The van der Waals surface area contributed by atoms with Gasteiger partial charge in [-0.15, -0.1) is 0 Å². The predicted octanol–water partition coefficient (Wildman–Crippen LogP) is 6.64. The summed E-state index contributed by atoms with van der Waals surface area (Å²) in [6.07, 6.45) is 0. The number of H-pyrrole nitrogens is 1. The van der Waals surface area contributed by atoms with E-state index in [9.17, 15) is 79.2 Å². The zero-order chi connectivity index (χ0) is 55.2. The van der Waals surface area contributed by atoms with Gasteiger partial charge in [-0.2, -0.15) is 57.0 Å². The van der Waals surface area contributed by atoms with Gasteiger partial charge in [-0.05, 0) is 88.4 Å². The quantitative estimate of drug-likeness (QED) is 0.0417. The summed E-state index contributed by atoms with van der Waals surface area (Å²) in [4.78, 5) is 52.9. The van der Waals surface area contributed by atoms with Gasteiger partial charge in [0.2, 0.25) is 16.5 Å². The lowest BCUT2D eigenvalue weighted by Gasteiger charge is -2.26. The number of aromatic amines is 1. The summed E-state index contributed by atoms with van der Waals surface area (Å²) in [6.45, 7) is 0. The predicted molar refractivity (Wildman–Crippen MR) is 267 cm³/mol. The minimum atomic E-state index is -5.60. The van der Waals surface area contributed by atoms with Crippen molar-refractivity contribution in [3.05, 3.63) is 152 Å². The number of hydrogen-bond donors (Lipinski definition) is 8. The van der Waals surface area contributed by atoms with Crippen LogP contribution in [0.5, 0.6) is 11.5 Å². The molecule has 25 nitrogen and oxygen atoms in total. The van der Waals surface area contributed by atoms with E-state index in [-0.39, 0.29) is 33.9 Å². The highest BCUT2D eigenvalue weighted by Gasteiger charge is 2.36. The number of nitrogens with one attached hydrogen (secondary N) is 3. The van der Waals surface area contributed by atoms with Crippen molar-refractivity contribution in [3.8, 4) is 33.8 Å². The molecule has 0 unspecified atom stereocenters. The molecule has 1 aliphatic carbocycles. The zero-order valence-electron chi connectivity index (χ0n) is 37.0. The molecular weight excluding hydrogens is 1150 g/mol. The zero-order valence-corrected chi connectivity index (χ0v) is 42.6. The van der Waals surface area contributed by atoms with Crippen LogP contribution in [-0.2, 0) is 50.6 Å². The molecule has 0 fully saturated rings.